The number of hydrogen-bond acceptors (Lipinski definition) is 4. The topological polar surface area (TPSA) is 87.7 Å². The number of nitrogens with one attached hydrogen (secondary N) is 2. The monoisotopic (exact) mass is 350 g/mol. The summed E-state index contributed by atoms with van der Waals surface area (Å²) in [7, 11) is 1.54. The Morgan fingerprint density at radius 2 is 1.65 bits per heavy atom. The third-order valence-corrected chi connectivity index (χ3v) is 3.99. The predicted molar refractivity (Wildman–Crippen MR) is 99.1 cm³/mol. The molecule has 0 unspecified atom stereocenters. The van der Waals surface area contributed by atoms with Gasteiger partial charge < -0.3 is 20.5 Å². The lowest BCUT2D eigenvalue weighted by Gasteiger charge is -2.11. The molecule has 26 heavy (non-hydrogen) atoms. The molecule has 0 saturated carbocycles. The number of phenols is 1. The minimum absolute atomic E-state index is 0.110. The van der Waals surface area contributed by atoms with E-state index in [1.165, 1.54) is 0 Å². The van der Waals surface area contributed by atoms with Crippen molar-refractivity contribution in [2.75, 3.05) is 12.4 Å². The largest absolute Gasteiger partial charge is 0.507 e. The van der Waals surface area contributed by atoms with Crippen LogP contribution in [0, 0.1) is 0 Å². The van der Waals surface area contributed by atoms with Gasteiger partial charge in [-0.2, -0.15) is 0 Å². The van der Waals surface area contributed by atoms with Crippen molar-refractivity contribution < 1.29 is 19.4 Å². The number of methoxy groups -OCH3 is 1. The highest BCUT2D eigenvalue weighted by Crippen LogP contribution is 2.29. The highest BCUT2D eigenvalue weighted by Gasteiger charge is 2.15. The number of anilines is 1. The number of ether oxygens (including phenoxy) is 1. The molecule has 0 saturated heterocycles. The predicted octanol–water partition coefficient (Wildman–Crippen LogP) is 2.81. The number of aromatic hydroxyl groups is 1. The maximum absolute atomic E-state index is 12.2. The summed E-state index contributed by atoms with van der Waals surface area (Å²) in [5.41, 5.74) is 1.22. The smallest absolute Gasteiger partial charge is 0.313 e. The maximum Gasteiger partial charge on any atom is 0.313 e. The molecule has 6 heteroatoms. The van der Waals surface area contributed by atoms with Gasteiger partial charge in [0, 0.05) is 28.6 Å². The van der Waals surface area contributed by atoms with Gasteiger partial charge in [-0.15, -0.1) is 0 Å². The molecular formula is C20H18N2O4. The van der Waals surface area contributed by atoms with Gasteiger partial charge in [0.2, 0.25) is 0 Å². The molecule has 6 nitrogen and oxygen atoms in total. The van der Waals surface area contributed by atoms with Crippen LogP contribution in [-0.2, 0) is 16.1 Å². The fraction of sp³-hybridized carbons (Fsp3) is 0.100. The third-order valence-electron chi connectivity index (χ3n) is 3.99. The first kappa shape index (κ1) is 17.3. The van der Waals surface area contributed by atoms with Gasteiger partial charge in [0.05, 0.1) is 7.11 Å². The molecule has 0 aliphatic rings. The minimum Gasteiger partial charge on any atom is -0.507 e. The summed E-state index contributed by atoms with van der Waals surface area (Å²) >= 11 is 0. The van der Waals surface area contributed by atoms with Crippen LogP contribution in [0.3, 0.4) is 0 Å². The summed E-state index contributed by atoms with van der Waals surface area (Å²) in [5, 5.41) is 16.3. The summed E-state index contributed by atoms with van der Waals surface area (Å²) in [5.74, 6) is -0.791. The lowest BCUT2D eigenvalue weighted by atomic mass is 10.1. The van der Waals surface area contributed by atoms with E-state index in [2.05, 4.69) is 10.6 Å². The number of carbonyl (C=O) groups is 2. The van der Waals surface area contributed by atoms with Crippen LogP contribution in [0.1, 0.15) is 5.56 Å². The summed E-state index contributed by atoms with van der Waals surface area (Å²) in [6.07, 6.45) is 0. The van der Waals surface area contributed by atoms with Crippen LogP contribution in [0.5, 0.6) is 11.5 Å². The fourth-order valence-electron chi connectivity index (χ4n) is 2.69. The molecule has 132 valence electrons. The average Bonchev–Trinajstić information content (AvgIpc) is 2.67. The molecule has 3 aromatic carbocycles. The molecule has 2 amide bonds. The van der Waals surface area contributed by atoms with Crippen LogP contribution in [-0.4, -0.2) is 24.0 Å². The van der Waals surface area contributed by atoms with E-state index >= 15 is 0 Å². The Morgan fingerprint density at radius 3 is 2.46 bits per heavy atom. The second-order valence-corrected chi connectivity index (χ2v) is 5.63. The Labute approximate surface area is 150 Å². The Bertz CT molecular complexity index is 969. The quantitative estimate of drug-likeness (QED) is 0.632. The fourth-order valence-corrected chi connectivity index (χ4v) is 2.69. The maximum atomic E-state index is 12.2. The van der Waals surface area contributed by atoms with Gasteiger partial charge in [-0.3, -0.25) is 9.59 Å². The van der Waals surface area contributed by atoms with Gasteiger partial charge in [-0.05, 0) is 18.2 Å². The first-order valence-electron chi connectivity index (χ1n) is 8.02. The number of carbonyl (C=O) groups excluding carboxylic acids is 2. The SMILES string of the molecule is COc1ccccc1CNC(=O)C(=O)Nc1cccc2c(O)cccc12. The van der Waals surface area contributed by atoms with E-state index in [1.54, 1.807) is 49.6 Å². The molecule has 3 rings (SSSR count). The Balaban J connectivity index is 1.70. The van der Waals surface area contributed by atoms with E-state index in [9.17, 15) is 14.7 Å². The first-order chi connectivity index (χ1) is 12.6. The number of para-hydroxylation sites is 1. The Morgan fingerprint density at radius 1 is 0.923 bits per heavy atom. The van der Waals surface area contributed by atoms with Crippen molar-refractivity contribution in [2.24, 2.45) is 0 Å². The third kappa shape index (κ3) is 3.59. The Hall–Kier alpha value is -3.54. The van der Waals surface area contributed by atoms with Crippen molar-refractivity contribution in [3.05, 3.63) is 66.2 Å². The molecule has 0 radical (unpaired) electrons. The van der Waals surface area contributed by atoms with E-state index in [1.807, 2.05) is 18.2 Å². The lowest BCUT2D eigenvalue weighted by Crippen LogP contribution is -2.35. The molecule has 0 aromatic heterocycles. The Kier molecular flexibility index (Phi) is 5.03. The summed E-state index contributed by atoms with van der Waals surface area (Å²) < 4.78 is 5.22. The van der Waals surface area contributed by atoms with Gasteiger partial charge in [0.25, 0.3) is 0 Å². The highest BCUT2D eigenvalue weighted by atomic mass is 16.5. The molecule has 3 aromatic rings. The van der Waals surface area contributed by atoms with Crippen LogP contribution in [0.4, 0.5) is 5.69 Å². The number of fused-ring (bicyclic) bond motifs is 1. The van der Waals surface area contributed by atoms with E-state index in [-0.39, 0.29) is 12.3 Å². The summed E-state index contributed by atoms with van der Waals surface area (Å²) in [4.78, 5) is 24.3. The molecular weight excluding hydrogens is 332 g/mol. The van der Waals surface area contributed by atoms with E-state index < -0.39 is 11.8 Å². The molecule has 0 heterocycles. The van der Waals surface area contributed by atoms with Gasteiger partial charge in [-0.1, -0.05) is 42.5 Å². The van der Waals surface area contributed by atoms with Gasteiger partial charge >= 0.3 is 11.8 Å². The van der Waals surface area contributed by atoms with Crippen molar-refractivity contribution in [2.45, 2.75) is 6.54 Å². The molecule has 3 N–H and O–H groups in total. The zero-order chi connectivity index (χ0) is 18.5. The molecule has 0 aliphatic carbocycles. The van der Waals surface area contributed by atoms with E-state index in [0.717, 1.165) is 5.56 Å². The number of amides is 2. The molecule has 0 bridgehead atoms. The van der Waals surface area contributed by atoms with Gasteiger partial charge in [0.15, 0.2) is 0 Å². The molecule has 0 spiro atoms. The number of hydrogen-bond donors (Lipinski definition) is 3. The van der Waals surface area contributed by atoms with Gasteiger partial charge in [-0.25, -0.2) is 0 Å². The first-order valence-corrected chi connectivity index (χ1v) is 8.02. The average molecular weight is 350 g/mol. The number of rotatable bonds is 4. The van der Waals surface area contributed by atoms with E-state index in [0.29, 0.717) is 22.2 Å². The summed E-state index contributed by atoms with van der Waals surface area (Å²) in [6, 6.07) is 17.4. The van der Waals surface area contributed by atoms with Crippen LogP contribution in [0.2, 0.25) is 0 Å². The van der Waals surface area contributed by atoms with Crippen LogP contribution < -0.4 is 15.4 Å². The van der Waals surface area contributed by atoms with E-state index in [4.69, 9.17) is 4.74 Å². The molecule has 0 fully saturated rings. The molecule has 0 aliphatic heterocycles. The zero-order valence-electron chi connectivity index (χ0n) is 14.2. The number of benzene rings is 3. The lowest BCUT2D eigenvalue weighted by molar-refractivity contribution is -0.136. The number of phenolic OH excluding ortho intramolecular Hbond substituents is 1. The second-order valence-electron chi connectivity index (χ2n) is 5.63. The normalized spacial score (nSPS) is 10.3. The second kappa shape index (κ2) is 7.57. The minimum atomic E-state index is -0.782. The van der Waals surface area contributed by atoms with Gasteiger partial charge in [0.1, 0.15) is 11.5 Å². The standard InChI is InChI=1S/C20H18N2O4/c1-26-18-11-3-2-6-13(18)12-21-19(24)20(25)22-16-9-4-8-15-14(16)7-5-10-17(15)23/h2-11,23H,12H2,1H3,(H,21,24)(H,22,25). The van der Waals surface area contributed by atoms with Crippen molar-refractivity contribution in [1.29, 1.82) is 0 Å². The summed E-state index contributed by atoms with van der Waals surface area (Å²) in [6.45, 7) is 0.173. The van der Waals surface area contributed by atoms with Crippen molar-refractivity contribution in [1.82, 2.24) is 5.32 Å². The molecule has 0 atom stereocenters. The van der Waals surface area contributed by atoms with Crippen LogP contribution >= 0.6 is 0 Å². The highest BCUT2D eigenvalue weighted by molar-refractivity contribution is 6.40. The van der Waals surface area contributed by atoms with Crippen molar-refractivity contribution in [3.63, 3.8) is 0 Å². The zero-order valence-corrected chi connectivity index (χ0v) is 14.2. The van der Waals surface area contributed by atoms with Crippen molar-refractivity contribution in [3.8, 4) is 11.5 Å². The van der Waals surface area contributed by atoms with Crippen molar-refractivity contribution >= 4 is 28.3 Å². The van der Waals surface area contributed by atoms with Crippen LogP contribution in [0.25, 0.3) is 10.8 Å². The van der Waals surface area contributed by atoms with Crippen LogP contribution in [0.15, 0.2) is 60.7 Å².